The number of sulfonamides is 1. The van der Waals surface area contributed by atoms with E-state index in [1.54, 1.807) is 29.3 Å². The highest BCUT2D eigenvalue weighted by Crippen LogP contribution is 2.34. The summed E-state index contributed by atoms with van der Waals surface area (Å²) < 4.78 is 24.2. The molecule has 30 heavy (non-hydrogen) atoms. The molecule has 4 rings (SSSR count). The van der Waals surface area contributed by atoms with E-state index in [0.717, 1.165) is 17.7 Å². The van der Waals surface area contributed by atoms with Gasteiger partial charge in [0.1, 0.15) is 0 Å². The SMILES string of the molecule is NS(=O)(=O)c1cccc(-c2ccc(CNCCn3nccn3)cc2)c1-c1nn[nH]n1. The smallest absolute Gasteiger partial charge is 0.238 e. The third-order valence-electron chi connectivity index (χ3n) is 4.45. The van der Waals surface area contributed by atoms with Crippen molar-refractivity contribution in [1.29, 1.82) is 0 Å². The Balaban J connectivity index is 1.55. The van der Waals surface area contributed by atoms with E-state index < -0.39 is 10.0 Å². The van der Waals surface area contributed by atoms with E-state index in [-0.39, 0.29) is 10.7 Å². The van der Waals surface area contributed by atoms with Gasteiger partial charge in [-0.2, -0.15) is 20.2 Å². The first-order valence-electron chi connectivity index (χ1n) is 9.06. The summed E-state index contributed by atoms with van der Waals surface area (Å²) in [6, 6.07) is 12.6. The van der Waals surface area contributed by atoms with Crippen molar-refractivity contribution in [3.8, 4) is 22.5 Å². The number of aromatic nitrogens is 7. The molecule has 0 aliphatic rings. The second-order valence-electron chi connectivity index (χ2n) is 6.46. The van der Waals surface area contributed by atoms with Crippen LogP contribution in [0, 0.1) is 0 Å². The summed E-state index contributed by atoms with van der Waals surface area (Å²) in [5.74, 6) is 0.160. The molecule has 0 aliphatic carbocycles. The van der Waals surface area contributed by atoms with E-state index in [1.807, 2.05) is 24.3 Å². The molecule has 2 aromatic heterocycles. The molecule has 0 fully saturated rings. The van der Waals surface area contributed by atoms with Gasteiger partial charge in [-0.05, 0) is 28.0 Å². The van der Waals surface area contributed by atoms with Gasteiger partial charge in [-0.1, -0.05) is 36.4 Å². The molecule has 154 valence electrons. The molecular weight excluding hydrogens is 406 g/mol. The van der Waals surface area contributed by atoms with Gasteiger partial charge in [0, 0.05) is 13.1 Å². The number of nitrogens with one attached hydrogen (secondary N) is 2. The fraction of sp³-hybridized carbons (Fsp3) is 0.167. The Morgan fingerprint density at radius 3 is 2.50 bits per heavy atom. The lowest BCUT2D eigenvalue weighted by Crippen LogP contribution is -2.20. The van der Waals surface area contributed by atoms with Crippen molar-refractivity contribution >= 4 is 10.0 Å². The van der Waals surface area contributed by atoms with Crippen LogP contribution in [0.25, 0.3) is 22.5 Å². The standard InChI is InChI=1S/C18H19N9O2S/c19-30(28,29)16-3-1-2-15(17(16)18-23-25-26-24-18)14-6-4-13(5-7-14)12-20-10-11-27-21-8-9-22-27/h1-9,20H,10-12H2,(H2,19,28,29)(H,23,24,25,26). The van der Waals surface area contributed by atoms with Gasteiger partial charge < -0.3 is 5.32 Å². The first-order chi connectivity index (χ1) is 14.5. The van der Waals surface area contributed by atoms with Gasteiger partial charge in [-0.25, -0.2) is 13.6 Å². The van der Waals surface area contributed by atoms with Crippen molar-refractivity contribution in [3.05, 3.63) is 60.4 Å². The van der Waals surface area contributed by atoms with E-state index >= 15 is 0 Å². The summed E-state index contributed by atoms with van der Waals surface area (Å²) >= 11 is 0. The number of H-pyrrole nitrogens is 1. The molecule has 12 heteroatoms. The summed E-state index contributed by atoms with van der Waals surface area (Å²) in [5.41, 5.74) is 2.85. The zero-order valence-electron chi connectivity index (χ0n) is 15.8. The predicted molar refractivity (Wildman–Crippen MR) is 108 cm³/mol. The van der Waals surface area contributed by atoms with Crippen molar-refractivity contribution in [3.63, 3.8) is 0 Å². The molecule has 4 aromatic rings. The molecule has 2 heterocycles. The number of benzene rings is 2. The van der Waals surface area contributed by atoms with Crippen molar-refractivity contribution in [2.75, 3.05) is 6.54 Å². The largest absolute Gasteiger partial charge is 0.311 e. The summed E-state index contributed by atoms with van der Waals surface area (Å²) in [6.07, 6.45) is 3.29. The van der Waals surface area contributed by atoms with Crippen molar-refractivity contribution in [2.45, 2.75) is 18.0 Å². The molecule has 0 aliphatic heterocycles. The quantitative estimate of drug-likeness (QED) is 0.346. The van der Waals surface area contributed by atoms with Gasteiger partial charge in [0.05, 0.1) is 29.4 Å². The molecule has 0 amide bonds. The lowest BCUT2D eigenvalue weighted by atomic mass is 9.98. The fourth-order valence-corrected chi connectivity index (χ4v) is 3.83. The van der Waals surface area contributed by atoms with Gasteiger partial charge in [-0.3, -0.25) is 0 Å². The van der Waals surface area contributed by atoms with Crippen LogP contribution < -0.4 is 10.5 Å². The average molecular weight is 425 g/mol. The Hall–Kier alpha value is -3.48. The molecule has 0 bridgehead atoms. The van der Waals surface area contributed by atoms with Gasteiger partial charge >= 0.3 is 0 Å². The Kier molecular flexibility index (Phi) is 5.61. The van der Waals surface area contributed by atoms with Crippen LogP contribution >= 0.6 is 0 Å². The number of nitrogens with two attached hydrogens (primary N) is 1. The molecule has 0 saturated carbocycles. The minimum absolute atomic E-state index is 0.0561. The number of rotatable bonds is 8. The second kappa shape index (κ2) is 8.49. The molecular formula is C18H19N9O2S. The van der Waals surface area contributed by atoms with Crippen LogP contribution in [0.3, 0.4) is 0 Å². The normalized spacial score (nSPS) is 11.6. The van der Waals surface area contributed by atoms with Gasteiger partial charge in [0.25, 0.3) is 0 Å². The lowest BCUT2D eigenvalue weighted by molar-refractivity contribution is 0.502. The van der Waals surface area contributed by atoms with Crippen LogP contribution in [-0.4, -0.2) is 50.6 Å². The molecule has 0 atom stereocenters. The van der Waals surface area contributed by atoms with Gasteiger partial charge in [-0.15, -0.1) is 10.2 Å². The molecule has 4 N–H and O–H groups in total. The second-order valence-corrected chi connectivity index (χ2v) is 7.99. The van der Waals surface area contributed by atoms with E-state index in [2.05, 4.69) is 36.1 Å². The molecule has 0 radical (unpaired) electrons. The number of hydrogen-bond donors (Lipinski definition) is 3. The molecule has 0 saturated heterocycles. The fourth-order valence-electron chi connectivity index (χ4n) is 3.08. The van der Waals surface area contributed by atoms with Crippen LogP contribution in [0.15, 0.2) is 59.8 Å². The number of tetrazole rings is 1. The minimum Gasteiger partial charge on any atom is -0.311 e. The van der Waals surface area contributed by atoms with Crippen molar-refractivity contribution in [1.82, 2.24) is 40.9 Å². The molecule has 0 spiro atoms. The number of primary sulfonamides is 1. The summed E-state index contributed by atoms with van der Waals surface area (Å²) in [5, 5.41) is 30.6. The maximum atomic E-state index is 12.1. The first kappa shape index (κ1) is 19.8. The summed E-state index contributed by atoms with van der Waals surface area (Å²) in [6.45, 7) is 2.09. The zero-order valence-corrected chi connectivity index (χ0v) is 16.6. The highest BCUT2D eigenvalue weighted by atomic mass is 32.2. The van der Waals surface area contributed by atoms with Crippen LogP contribution in [0.1, 0.15) is 5.56 Å². The van der Waals surface area contributed by atoms with Crippen molar-refractivity contribution in [2.24, 2.45) is 5.14 Å². The average Bonchev–Trinajstić information content (AvgIpc) is 3.45. The predicted octanol–water partition coefficient (Wildman–Crippen LogP) is 0.562. The third-order valence-corrected chi connectivity index (χ3v) is 5.40. The van der Waals surface area contributed by atoms with Crippen LogP contribution in [0.5, 0.6) is 0 Å². The van der Waals surface area contributed by atoms with Crippen LogP contribution in [0.2, 0.25) is 0 Å². The minimum atomic E-state index is -3.98. The van der Waals surface area contributed by atoms with Gasteiger partial charge in [0.15, 0.2) is 0 Å². The Bertz CT molecular complexity index is 1210. The van der Waals surface area contributed by atoms with Crippen molar-refractivity contribution < 1.29 is 8.42 Å². The number of aromatic amines is 1. The van der Waals surface area contributed by atoms with Gasteiger partial charge in [0.2, 0.25) is 15.8 Å². The highest BCUT2D eigenvalue weighted by molar-refractivity contribution is 7.89. The third kappa shape index (κ3) is 4.40. The lowest BCUT2D eigenvalue weighted by Gasteiger charge is -2.12. The summed E-state index contributed by atoms with van der Waals surface area (Å²) in [4.78, 5) is 1.56. The van der Waals surface area contributed by atoms with Crippen LogP contribution in [0.4, 0.5) is 0 Å². The molecule has 11 nitrogen and oxygen atoms in total. The zero-order chi connectivity index (χ0) is 21.0. The maximum Gasteiger partial charge on any atom is 0.238 e. The van der Waals surface area contributed by atoms with E-state index in [9.17, 15) is 8.42 Å². The van der Waals surface area contributed by atoms with E-state index in [1.165, 1.54) is 6.07 Å². The van der Waals surface area contributed by atoms with E-state index in [0.29, 0.717) is 24.2 Å². The Morgan fingerprint density at radius 1 is 1.07 bits per heavy atom. The number of hydrogen-bond acceptors (Lipinski definition) is 8. The van der Waals surface area contributed by atoms with Crippen LogP contribution in [-0.2, 0) is 23.1 Å². The number of nitrogens with zero attached hydrogens (tertiary/aromatic N) is 6. The first-order valence-corrected chi connectivity index (χ1v) is 10.6. The Morgan fingerprint density at radius 2 is 1.83 bits per heavy atom. The topological polar surface area (TPSA) is 157 Å². The molecule has 0 unspecified atom stereocenters. The summed E-state index contributed by atoms with van der Waals surface area (Å²) in [7, 11) is -3.98. The Labute approximate surface area is 172 Å². The highest BCUT2D eigenvalue weighted by Gasteiger charge is 2.22. The maximum absolute atomic E-state index is 12.1. The van der Waals surface area contributed by atoms with E-state index in [4.69, 9.17) is 5.14 Å². The monoisotopic (exact) mass is 425 g/mol. The molecule has 2 aromatic carbocycles.